The van der Waals surface area contributed by atoms with E-state index < -0.39 is 5.72 Å². The maximum absolute atomic E-state index is 9.39. The maximum atomic E-state index is 9.39. The van der Waals surface area contributed by atoms with Gasteiger partial charge in [-0.15, -0.1) is 0 Å². The Bertz CT molecular complexity index is 81.1. The predicted octanol–water partition coefficient (Wildman–Crippen LogP) is -1.34. The summed E-state index contributed by atoms with van der Waals surface area (Å²) in [4.78, 5) is 0. The highest BCUT2D eigenvalue weighted by molar-refractivity contribution is 4.72. The summed E-state index contributed by atoms with van der Waals surface area (Å²) in [5, 5.41) is 29.0. The monoisotopic (exact) mass is 149 g/mol. The van der Waals surface area contributed by atoms with E-state index >= 15 is 0 Å². The third kappa shape index (κ3) is 3.12. The van der Waals surface area contributed by atoms with E-state index in [1.54, 1.807) is 7.05 Å². The van der Waals surface area contributed by atoms with Crippen LogP contribution in [0.5, 0.6) is 0 Å². The minimum atomic E-state index is -1.11. The quantitative estimate of drug-likeness (QED) is 0.365. The van der Waals surface area contributed by atoms with Gasteiger partial charge in [0.2, 0.25) is 0 Å². The van der Waals surface area contributed by atoms with Crippen LogP contribution in [0.3, 0.4) is 0 Å². The summed E-state index contributed by atoms with van der Waals surface area (Å²) in [6, 6.07) is 0. The van der Waals surface area contributed by atoms with Gasteiger partial charge in [-0.1, -0.05) is 0 Å². The molecular weight excluding hydrogens is 134 g/mol. The fraction of sp³-hybridized carbons (Fsp3) is 1.00. The zero-order valence-electron chi connectivity index (χ0n) is 6.17. The summed E-state index contributed by atoms with van der Waals surface area (Å²) >= 11 is 0. The highest BCUT2D eigenvalue weighted by atomic mass is 16.3. The van der Waals surface area contributed by atoms with Crippen molar-refractivity contribution >= 4 is 0 Å². The van der Waals surface area contributed by atoms with Gasteiger partial charge in [0.25, 0.3) is 0 Å². The summed E-state index contributed by atoms with van der Waals surface area (Å²) in [5.74, 6) is 0. The van der Waals surface area contributed by atoms with Crippen molar-refractivity contribution in [2.45, 2.75) is 18.6 Å². The van der Waals surface area contributed by atoms with Crippen LogP contribution in [0.1, 0.15) is 12.8 Å². The zero-order chi connectivity index (χ0) is 8.04. The largest absolute Gasteiger partial charge is 0.396 e. The van der Waals surface area contributed by atoms with E-state index in [1.807, 2.05) is 0 Å². The molecule has 0 bridgehead atoms. The van der Waals surface area contributed by atoms with Crippen LogP contribution in [0.2, 0.25) is 0 Å². The fourth-order valence-electron chi connectivity index (χ4n) is 0.745. The average molecular weight is 149 g/mol. The summed E-state index contributed by atoms with van der Waals surface area (Å²) in [7, 11) is 1.59. The van der Waals surface area contributed by atoms with E-state index in [1.165, 1.54) is 0 Å². The molecule has 4 nitrogen and oxygen atoms in total. The van der Waals surface area contributed by atoms with E-state index in [0.29, 0.717) is 0 Å². The molecule has 62 valence electrons. The van der Waals surface area contributed by atoms with Crippen LogP contribution >= 0.6 is 0 Å². The van der Waals surface area contributed by atoms with Crippen molar-refractivity contribution in [1.29, 1.82) is 0 Å². The number of aliphatic hydroxyl groups excluding tert-OH is 2. The molecule has 0 atom stereocenters. The topological polar surface area (TPSA) is 72.7 Å². The van der Waals surface area contributed by atoms with Crippen molar-refractivity contribution < 1.29 is 15.3 Å². The van der Waals surface area contributed by atoms with E-state index in [0.717, 1.165) is 0 Å². The number of nitrogens with one attached hydrogen (secondary N) is 1. The van der Waals surface area contributed by atoms with Crippen molar-refractivity contribution in [3.63, 3.8) is 0 Å². The lowest BCUT2D eigenvalue weighted by Crippen LogP contribution is -2.44. The standard InChI is InChI=1S/C6H15NO3/c1-7-6(10,2-4-8)3-5-9/h7-10H,2-5H2,1H3. The van der Waals surface area contributed by atoms with Gasteiger partial charge in [0.1, 0.15) is 5.72 Å². The molecule has 0 aliphatic rings. The zero-order valence-corrected chi connectivity index (χ0v) is 6.17. The number of hydrogen-bond acceptors (Lipinski definition) is 4. The Morgan fingerprint density at radius 2 is 1.60 bits per heavy atom. The molecule has 0 aromatic heterocycles. The molecule has 0 unspecified atom stereocenters. The number of aliphatic hydroxyl groups is 3. The van der Waals surface area contributed by atoms with Gasteiger partial charge in [-0.3, -0.25) is 5.32 Å². The minimum absolute atomic E-state index is 0.0860. The van der Waals surface area contributed by atoms with Crippen LogP contribution < -0.4 is 5.32 Å². The van der Waals surface area contributed by atoms with Gasteiger partial charge < -0.3 is 15.3 Å². The molecule has 0 aliphatic heterocycles. The van der Waals surface area contributed by atoms with E-state index in [9.17, 15) is 5.11 Å². The van der Waals surface area contributed by atoms with Gasteiger partial charge >= 0.3 is 0 Å². The molecule has 0 amide bonds. The van der Waals surface area contributed by atoms with E-state index in [2.05, 4.69) is 5.32 Å². The molecule has 4 N–H and O–H groups in total. The summed E-state index contributed by atoms with van der Waals surface area (Å²) in [6.45, 7) is -0.172. The lowest BCUT2D eigenvalue weighted by Gasteiger charge is -2.25. The molecule has 0 spiro atoms. The van der Waals surface area contributed by atoms with Crippen molar-refractivity contribution in [2.75, 3.05) is 20.3 Å². The van der Waals surface area contributed by atoms with Crippen LogP contribution in [0.15, 0.2) is 0 Å². The Balaban J connectivity index is 3.69. The molecule has 0 radical (unpaired) electrons. The highest BCUT2D eigenvalue weighted by Crippen LogP contribution is 2.08. The van der Waals surface area contributed by atoms with E-state index in [4.69, 9.17) is 10.2 Å². The Morgan fingerprint density at radius 3 is 1.80 bits per heavy atom. The number of hydrogen-bond donors (Lipinski definition) is 4. The smallest absolute Gasteiger partial charge is 0.120 e. The number of rotatable bonds is 5. The van der Waals surface area contributed by atoms with Crippen LogP contribution in [0.4, 0.5) is 0 Å². The Hall–Kier alpha value is -0.160. The van der Waals surface area contributed by atoms with Gasteiger partial charge in [-0.05, 0) is 7.05 Å². The van der Waals surface area contributed by atoms with Gasteiger partial charge in [0, 0.05) is 26.1 Å². The second-order valence-corrected chi connectivity index (χ2v) is 2.23. The molecule has 0 fully saturated rings. The Labute approximate surface area is 60.5 Å². The Kier molecular flexibility index (Phi) is 4.55. The highest BCUT2D eigenvalue weighted by Gasteiger charge is 2.22. The fourth-order valence-corrected chi connectivity index (χ4v) is 0.745. The summed E-state index contributed by atoms with van der Waals surface area (Å²) in [5.41, 5.74) is -1.11. The van der Waals surface area contributed by atoms with Crippen molar-refractivity contribution in [3.05, 3.63) is 0 Å². The summed E-state index contributed by atoms with van der Waals surface area (Å²) in [6.07, 6.45) is 0.480. The minimum Gasteiger partial charge on any atom is -0.396 e. The van der Waals surface area contributed by atoms with Crippen LogP contribution in [0, 0.1) is 0 Å². The van der Waals surface area contributed by atoms with Crippen LogP contribution in [-0.4, -0.2) is 41.3 Å². The molecule has 0 heterocycles. The normalized spacial score (nSPS) is 12.0. The molecule has 0 rings (SSSR count). The van der Waals surface area contributed by atoms with Gasteiger partial charge in [0.15, 0.2) is 0 Å². The molecule has 4 heteroatoms. The molecule has 0 aliphatic carbocycles. The van der Waals surface area contributed by atoms with Crippen LogP contribution in [0.25, 0.3) is 0 Å². The predicted molar refractivity (Wildman–Crippen MR) is 37.4 cm³/mol. The molecule has 0 saturated heterocycles. The van der Waals surface area contributed by atoms with Gasteiger partial charge in [-0.25, -0.2) is 0 Å². The third-order valence-corrected chi connectivity index (χ3v) is 1.52. The third-order valence-electron chi connectivity index (χ3n) is 1.52. The maximum Gasteiger partial charge on any atom is 0.120 e. The molecule has 0 aromatic carbocycles. The second kappa shape index (κ2) is 4.62. The van der Waals surface area contributed by atoms with Crippen molar-refractivity contribution in [1.82, 2.24) is 5.32 Å². The average Bonchev–Trinajstić information content (AvgIpc) is 1.89. The molecule has 0 aromatic rings. The van der Waals surface area contributed by atoms with Crippen molar-refractivity contribution in [3.8, 4) is 0 Å². The Morgan fingerprint density at radius 1 is 1.20 bits per heavy atom. The van der Waals surface area contributed by atoms with Crippen molar-refractivity contribution in [2.24, 2.45) is 0 Å². The van der Waals surface area contributed by atoms with Gasteiger partial charge in [-0.2, -0.15) is 0 Å². The van der Waals surface area contributed by atoms with Gasteiger partial charge in [0.05, 0.1) is 0 Å². The first kappa shape index (κ1) is 9.84. The molecular formula is C6H15NO3. The second-order valence-electron chi connectivity index (χ2n) is 2.23. The van der Waals surface area contributed by atoms with Crippen LogP contribution in [-0.2, 0) is 0 Å². The SMILES string of the molecule is CNC(O)(CCO)CCO. The summed E-state index contributed by atoms with van der Waals surface area (Å²) < 4.78 is 0. The lowest BCUT2D eigenvalue weighted by atomic mass is 10.1. The molecule has 0 saturated carbocycles. The first-order chi connectivity index (χ1) is 4.68. The lowest BCUT2D eigenvalue weighted by molar-refractivity contribution is -0.0280. The first-order valence-corrected chi connectivity index (χ1v) is 3.31. The first-order valence-electron chi connectivity index (χ1n) is 3.31. The molecule has 10 heavy (non-hydrogen) atoms. The van der Waals surface area contributed by atoms with E-state index in [-0.39, 0.29) is 26.1 Å².